The number of rotatable bonds is 5. The van der Waals surface area contributed by atoms with Crippen molar-refractivity contribution in [2.75, 3.05) is 19.6 Å². The summed E-state index contributed by atoms with van der Waals surface area (Å²) in [5, 5.41) is 3.79. The van der Waals surface area contributed by atoms with E-state index in [0.717, 1.165) is 5.92 Å². The Bertz CT molecular complexity index is 442. The van der Waals surface area contributed by atoms with Gasteiger partial charge in [0.1, 0.15) is 0 Å². The van der Waals surface area contributed by atoms with Crippen LogP contribution in [0.15, 0.2) is 6.07 Å². The monoisotopic (exact) mass is 306 g/mol. The number of hydrogen-bond donors (Lipinski definition) is 1. The zero-order chi connectivity index (χ0) is 14.8. The van der Waals surface area contributed by atoms with Gasteiger partial charge < -0.3 is 10.2 Å². The summed E-state index contributed by atoms with van der Waals surface area (Å²) in [4.78, 5) is 5.83. The molecule has 1 aliphatic carbocycles. The van der Waals surface area contributed by atoms with Gasteiger partial charge in [-0.3, -0.25) is 0 Å². The number of hydrogen-bond acceptors (Lipinski definition) is 3. The maximum absolute atomic E-state index is 3.79. The normalized spacial score (nSPS) is 24.5. The molecule has 1 aromatic rings. The molecule has 0 bridgehead atoms. The van der Waals surface area contributed by atoms with Crippen molar-refractivity contribution < 1.29 is 0 Å². The van der Waals surface area contributed by atoms with E-state index in [1.54, 1.807) is 15.3 Å². The number of aryl methyl sites for hydroxylation is 2. The molecule has 21 heavy (non-hydrogen) atoms. The van der Waals surface area contributed by atoms with Crippen molar-refractivity contribution >= 4 is 11.3 Å². The first-order chi connectivity index (χ1) is 10.1. The summed E-state index contributed by atoms with van der Waals surface area (Å²) in [6, 6.07) is 3.71. The predicted molar refractivity (Wildman–Crippen MR) is 92.2 cm³/mol. The van der Waals surface area contributed by atoms with Crippen LogP contribution in [0.1, 0.15) is 61.4 Å². The highest BCUT2D eigenvalue weighted by molar-refractivity contribution is 7.12. The molecular formula is C18H30N2S. The highest BCUT2D eigenvalue weighted by Crippen LogP contribution is 2.33. The minimum Gasteiger partial charge on any atom is -0.309 e. The van der Waals surface area contributed by atoms with Gasteiger partial charge in [-0.2, -0.15) is 0 Å². The fourth-order valence-corrected chi connectivity index (χ4v) is 4.95. The van der Waals surface area contributed by atoms with E-state index in [1.165, 1.54) is 51.7 Å². The van der Waals surface area contributed by atoms with Gasteiger partial charge in [0.15, 0.2) is 0 Å². The molecule has 2 heterocycles. The molecule has 2 atom stereocenters. The van der Waals surface area contributed by atoms with E-state index in [0.29, 0.717) is 12.1 Å². The molecule has 1 aliphatic heterocycles. The van der Waals surface area contributed by atoms with E-state index in [-0.39, 0.29) is 0 Å². The van der Waals surface area contributed by atoms with Crippen LogP contribution in [0.3, 0.4) is 0 Å². The molecule has 1 aromatic heterocycles. The van der Waals surface area contributed by atoms with Crippen molar-refractivity contribution in [1.82, 2.24) is 10.2 Å². The second-order valence-corrected chi connectivity index (χ2v) is 8.35. The lowest BCUT2D eigenvalue weighted by Crippen LogP contribution is -2.31. The maximum atomic E-state index is 3.79. The summed E-state index contributed by atoms with van der Waals surface area (Å²) in [5.74, 6) is 0.837. The minimum atomic E-state index is 0.522. The molecule has 0 spiro atoms. The molecule has 118 valence electrons. The third-order valence-electron chi connectivity index (χ3n) is 5.20. The van der Waals surface area contributed by atoms with Crippen molar-refractivity contribution in [3.05, 3.63) is 21.4 Å². The summed E-state index contributed by atoms with van der Waals surface area (Å²) in [5.41, 5.74) is 1.64. The Morgan fingerprint density at radius 2 is 2.10 bits per heavy atom. The van der Waals surface area contributed by atoms with Crippen LogP contribution in [-0.2, 0) is 12.8 Å². The molecule has 1 N–H and O–H groups in total. The Morgan fingerprint density at radius 3 is 2.81 bits per heavy atom. The summed E-state index contributed by atoms with van der Waals surface area (Å²) >= 11 is 2.06. The van der Waals surface area contributed by atoms with E-state index in [4.69, 9.17) is 0 Å². The van der Waals surface area contributed by atoms with Crippen LogP contribution in [0.2, 0.25) is 0 Å². The van der Waals surface area contributed by atoms with Gasteiger partial charge >= 0.3 is 0 Å². The van der Waals surface area contributed by atoms with Crippen molar-refractivity contribution in [3.8, 4) is 0 Å². The van der Waals surface area contributed by atoms with Gasteiger partial charge in [0.25, 0.3) is 0 Å². The molecule has 2 unspecified atom stereocenters. The van der Waals surface area contributed by atoms with Crippen LogP contribution in [-0.4, -0.2) is 30.6 Å². The zero-order valence-electron chi connectivity index (χ0n) is 13.8. The SMILES string of the molecule is CC(NCC1CCN(C(C)C)C1)c1cc2c(s1)CCCC2. The Balaban J connectivity index is 1.50. The largest absolute Gasteiger partial charge is 0.309 e. The van der Waals surface area contributed by atoms with Crippen LogP contribution in [0.4, 0.5) is 0 Å². The summed E-state index contributed by atoms with van der Waals surface area (Å²) in [6.45, 7) is 10.7. The summed E-state index contributed by atoms with van der Waals surface area (Å²) in [6.07, 6.45) is 6.77. The van der Waals surface area contributed by atoms with Gasteiger partial charge in [-0.25, -0.2) is 0 Å². The molecule has 3 rings (SSSR count). The lowest BCUT2D eigenvalue weighted by molar-refractivity contribution is 0.263. The third kappa shape index (κ3) is 3.69. The van der Waals surface area contributed by atoms with Crippen LogP contribution in [0, 0.1) is 5.92 Å². The predicted octanol–water partition coefficient (Wildman–Crippen LogP) is 4.01. The van der Waals surface area contributed by atoms with Gasteiger partial charge in [-0.1, -0.05) is 0 Å². The fraction of sp³-hybridized carbons (Fsp3) is 0.778. The van der Waals surface area contributed by atoms with E-state index in [9.17, 15) is 0 Å². The molecule has 2 nitrogen and oxygen atoms in total. The van der Waals surface area contributed by atoms with Crippen LogP contribution < -0.4 is 5.32 Å². The molecule has 1 fully saturated rings. The fourth-order valence-electron chi connectivity index (χ4n) is 3.67. The van der Waals surface area contributed by atoms with E-state index in [2.05, 4.69) is 48.4 Å². The van der Waals surface area contributed by atoms with E-state index in [1.807, 2.05) is 0 Å². The third-order valence-corrected chi connectivity index (χ3v) is 6.62. The average Bonchev–Trinajstić information content (AvgIpc) is 3.11. The first kappa shape index (κ1) is 15.5. The molecule has 2 aliphatic rings. The van der Waals surface area contributed by atoms with Crippen molar-refractivity contribution in [3.63, 3.8) is 0 Å². The first-order valence-corrected chi connectivity index (χ1v) is 9.54. The van der Waals surface area contributed by atoms with Gasteiger partial charge in [0.2, 0.25) is 0 Å². The Labute approximate surface area is 133 Å². The second kappa shape index (κ2) is 6.80. The smallest absolute Gasteiger partial charge is 0.0386 e. The quantitative estimate of drug-likeness (QED) is 0.884. The van der Waals surface area contributed by atoms with E-state index < -0.39 is 0 Å². The highest BCUT2D eigenvalue weighted by Gasteiger charge is 2.24. The Morgan fingerprint density at radius 1 is 1.29 bits per heavy atom. The van der Waals surface area contributed by atoms with Gasteiger partial charge in [0, 0.05) is 28.4 Å². The maximum Gasteiger partial charge on any atom is 0.0386 e. The zero-order valence-corrected chi connectivity index (χ0v) is 14.6. The minimum absolute atomic E-state index is 0.522. The van der Waals surface area contributed by atoms with Gasteiger partial charge in [-0.15, -0.1) is 11.3 Å². The Hall–Kier alpha value is -0.380. The molecule has 3 heteroatoms. The molecule has 1 saturated heterocycles. The van der Waals surface area contributed by atoms with Crippen molar-refractivity contribution in [1.29, 1.82) is 0 Å². The molecule has 0 aromatic carbocycles. The average molecular weight is 307 g/mol. The number of likely N-dealkylation sites (tertiary alicyclic amines) is 1. The van der Waals surface area contributed by atoms with E-state index >= 15 is 0 Å². The van der Waals surface area contributed by atoms with Crippen molar-refractivity contribution in [2.24, 2.45) is 5.92 Å². The molecular weight excluding hydrogens is 276 g/mol. The number of nitrogens with zero attached hydrogens (tertiary/aromatic N) is 1. The lowest BCUT2D eigenvalue weighted by Gasteiger charge is -2.21. The number of fused-ring (bicyclic) bond motifs is 1. The number of nitrogens with one attached hydrogen (secondary N) is 1. The second-order valence-electron chi connectivity index (χ2n) is 7.18. The summed E-state index contributed by atoms with van der Waals surface area (Å²) < 4.78 is 0. The van der Waals surface area contributed by atoms with Crippen LogP contribution in [0.25, 0.3) is 0 Å². The molecule has 0 radical (unpaired) electrons. The van der Waals surface area contributed by atoms with Crippen LogP contribution >= 0.6 is 11.3 Å². The van der Waals surface area contributed by atoms with Crippen molar-refractivity contribution in [2.45, 2.75) is 65.0 Å². The van der Waals surface area contributed by atoms with Gasteiger partial charge in [0.05, 0.1) is 0 Å². The Kier molecular flexibility index (Phi) is 5.03. The standard InChI is InChI=1S/C18H30N2S/c1-13(2)20-9-8-15(12-20)11-19-14(3)18-10-16-6-4-5-7-17(16)21-18/h10,13-15,19H,4-9,11-12H2,1-3H3. The van der Waals surface area contributed by atoms with Crippen LogP contribution in [0.5, 0.6) is 0 Å². The lowest BCUT2D eigenvalue weighted by atomic mass is 9.99. The molecule has 0 amide bonds. The first-order valence-electron chi connectivity index (χ1n) is 8.72. The highest BCUT2D eigenvalue weighted by atomic mass is 32.1. The summed E-state index contributed by atoms with van der Waals surface area (Å²) in [7, 11) is 0. The number of thiophene rings is 1. The van der Waals surface area contributed by atoms with Gasteiger partial charge in [-0.05, 0) is 83.5 Å². The molecule has 0 saturated carbocycles. The topological polar surface area (TPSA) is 15.3 Å².